The van der Waals surface area contributed by atoms with Crippen LogP contribution in [0.5, 0.6) is 0 Å². The summed E-state index contributed by atoms with van der Waals surface area (Å²) in [4.78, 5) is 0.200. The summed E-state index contributed by atoms with van der Waals surface area (Å²) in [5.41, 5.74) is 1.42. The standard InChI is InChI=1S/C16H12F2O2S3/c1-23(19,20)12-5-2-10(3-6-12)16-14(9-21-22-16)13-7-4-11(17)8-15(13)18/h2-9,16H,1H3/i9T. The third-order valence-corrected chi connectivity index (χ3v) is 6.73. The minimum Gasteiger partial charge on any atom is -0.224 e. The Hall–Kier alpha value is -1.31. The van der Waals surface area contributed by atoms with E-state index in [0.29, 0.717) is 5.57 Å². The molecule has 1 aliphatic rings. The van der Waals surface area contributed by atoms with Gasteiger partial charge in [-0.3, -0.25) is 0 Å². The molecule has 7 heteroatoms. The van der Waals surface area contributed by atoms with Crippen LogP contribution in [0.25, 0.3) is 5.57 Å². The maximum Gasteiger partial charge on any atom is 0.175 e. The Morgan fingerprint density at radius 3 is 2.43 bits per heavy atom. The van der Waals surface area contributed by atoms with Gasteiger partial charge in [-0.25, -0.2) is 17.2 Å². The third kappa shape index (κ3) is 3.46. The summed E-state index contributed by atoms with van der Waals surface area (Å²) in [5, 5.41) is -0.112. The van der Waals surface area contributed by atoms with Gasteiger partial charge in [0, 0.05) is 17.9 Å². The van der Waals surface area contributed by atoms with Gasteiger partial charge < -0.3 is 0 Å². The summed E-state index contributed by atoms with van der Waals surface area (Å²) in [6.07, 6.45) is 1.13. The summed E-state index contributed by atoms with van der Waals surface area (Å²) < 4.78 is 58.4. The van der Waals surface area contributed by atoms with Gasteiger partial charge in [0.15, 0.2) is 9.84 Å². The topological polar surface area (TPSA) is 34.1 Å². The van der Waals surface area contributed by atoms with E-state index in [-0.39, 0.29) is 21.1 Å². The van der Waals surface area contributed by atoms with Crippen molar-refractivity contribution in [3.8, 4) is 0 Å². The second-order valence-corrected chi connectivity index (χ2v) is 9.17. The van der Waals surface area contributed by atoms with E-state index in [2.05, 4.69) is 0 Å². The fraction of sp³-hybridized carbons (Fsp3) is 0.125. The molecule has 120 valence electrons. The molecular weight excluding hydrogens is 358 g/mol. The zero-order chi connectivity index (χ0) is 17.5. The van der Waals surface area contributed by atoms with Crippen molar-refractivity contribution in [2.75, 3.05) is 6.26 Å². The Kier molecular flexibility index (Phi) is 4.17. The van der Waals surface area contributed by atoms with Crippen molar-refractivity contribution < 1.29 is 18.6 Å². The molecule has 0 radical (unpaired) electrons. The lowest BCUT2D eigenvalue weighted by atomic mass is 9.98. The predicted molar refractivity (Wildman–Crippen MR) is 91.8 cm³/mol. The number of hydrogen-bond donors (Lipinski definition) is 0. The molecule has 0 aromatic heterocycles. The second kappa shape index (κ2) is 6.30. The van der Waals surface area contributed by atoms with Crippen LogP contribution in [0.2, 0.25) is 0 Å². The first-order valence-corrected chi connectivity index (χ1v) is 10.7. The highest BCUT2D eigenvalue weighted by Crippen LogP contribution is 2.54. The van der Waals surface area contributed by atoms with E-state index in [1.165, 1.54) is 39.8 Å². The molecule has 0 amide bonds. The van der Waals surface area contributed by atoms with Crippen LogP contribution in [0.15, 0.2) is 52.7 Å². The Balaban J connectivity index is 2.02. The largest absolute Gasteiger partial charge is 0.224 e. The third-order valence-electron chi connectivity index (χ3n) is 3.39. The van der Waals surface area contributed by atoms with Crippen molar-refractivity contribution in [1.29, 1.82) is 0 Å². The smallest absolute Gasteiger partial charge is 0.175 e. The van der Waals surface area contributed by atoms with Gasteiger partial charge >= 0.3 is 0 Å². The molecule has 1 atom stereocenters. The first kappa shape index (κ1) is 15.2. The lowest BCUT2D eigenvalue weighted by Crippen LogP contribution is -2.00. The Morgan fingerprint density at radius 1 is 1.13 bits per heavy atom. The predicted octanol–water partition coefficient (Wildman–Crippen LogP) is 4.85. The number of halogens is 2. The van der Waals surface area contributed by atoms with E-state index in [0.717, 1.165) is 24.0 Å². The van der Waals surface area contributed by atoms with Crippen molar-refractivity contribution in [3.63, 3.8) is 0 Å². The van der Waals surface area contributed by atoms with Crippen molar-refractivity contribution >= 4 is 37.0 Å². The fourth-order valence-electron chi connectivity index (χ4n) is 2.23. The lowest BCUT2D eigenvalue weighted by molar-refractivity contribution is 0.580. The van der Waals surface area contributed by atoms with Gasteiger partial charge in [0.2, 0.25) is 0 Å². The lowest BCUT2D eigenvalue weighted by Gasteiger charge is -2.15. The maximum atomic E-state index is 14.1. The maximum absolute atomic E-state index is 14.1. The highest BCUT2D eigenvalue weighted by Gasteiger charge is 2.26. The molecule has 0 saturated carbocycles. The van der Waals surface area contributed by atoms with Crippen LogP contribution in [0.4, 0.5) is 8.78 Å². The summed E-state index contributed by atoms with van der Waals surface area (Å²) in [7, 11) is -0.706. The Morgan fingerprint density at radius 2 is 1.83 bits per heavy atom. The average Bonchev–Trinajstić information content (AvgIpc) is 2.88. The van der Waals surface area contributed by atoms with Crippen molar-refractivity contribution in [2.24, 2.45) is 0 Å². The van der Waals surface area contributed by atoms with Crippen LogP contribution in [-0.4, -0.2) is 14.7 Å². The normalized spacial score (nSPS) is 19.1. The minimum absolute atomic E-state index is 0.191. The molecule has 0 fully saturated rings. The number of rotatable bonds is 3. The molecule has 0 aliphatic carbocycles. The zero-order valence-electron chi connectivity index (χ0n) is 12.9. The van der Waals surface area contributed by atoms with Gasteiger partial charge in [0.05, 0.1) is 11.5 Å². The zero-order valence-corrected chi connectivity index (χ0v) is 14.4. The van der Waals surface area contributed by atoms with Crippen molar-refractivity contribution in [1.82, 2.24) is 0 Å². The molecule has 0 saturated heterocycles. The van der Waals surface area contributed by atoms with Crippen LogP contribution in [0, 0.1) is 11.6 Å². The summed E-state index contributed by atoms with van der Waals surface area (Å²) >= 11 is 0. The van der Waals surface area contributed by atoms with E-state index < -0.39 is 21.5 Å². The summed E-state index contributed by atoms with van der Waals surface area (Å²) in [5.74, 6) is -1.38. The van der Waals surface area contributed by atoms with Gasteiger partial charge in [0.1, 0.15) is 11.6 Å². The van der Waals surface area contributed by atoms with Crippen LogP contribution < -0.4 is 0 Å². The first-order chi connectivity index (χ1) is 11.3. The average molecular weight is 372 g/mol. The van der Waals surface area contributed by atoms with Crippen molar-refractivity contribution in [3.05, 3.63) is 70.6 Å². The molecule has 2 nitrogen and oxygen atoms in total. The minimum atomic E-state index is -3.29. The van der Waals surface area contributed by atoms with Gasteiger partial charge in [-0.2, -0.15) is 0 Å². The van der Waals surface area contributed by atoms with Crippen LogP contribution >= 0.6 is 21.6 Å². The van der Waals surface area contributed by atoms with Gasteiger partial charge in [-0.05, 0) is 40.8 Å². The van der Waals surface area contributed by atoms with E-state index in [1.807, 2.05) is 0 Å². The summed E-state index contributed by atoms with van der Waals surface area (Å²) in [6, 6.07) is 9.61. The van der Waals surface area contributed by atoms with Crippen molar-refractivity contribution in [2.45, 2.75) is 10.1 Å². The highest BCUT2D eigenvalue weighted by atomic mass is 33.1. The molecule has 2 aromatic carbocycles. The van der Waals surface area contributed by atoms with Crippen LogP contribution in [-0.2, 0) is 9.84 Å². The molecule has 1 unspecified atom stereocenters. The highest BCUT2D eigenvalue weighted by molar-refractivity contribution is 8.78. The van der Waals surface area contributed by atoms with E-state index in [1.54, 1.807) is 12.1 Å². The van der Waals surface area contributed by atoms with E-state index in [9.17, 15) is 17.2 Å². The van der Waals surface area contributed by atoms with Crippen LogP contribution in [0.1, 0.15) is 17.7 Å². The Bertz CT molecular complexity index is 925. The molecular formula is C16H12F2O2S3. The quantitative estimate of drug-likeness (QED) is 0.722. The molecule has 0 spiro atoms. The molecule has 3 rings (SSSR count). The Labute approximate surface area is 142 Å². The SMILES string of the molecule is [3H]C1=C(c2ccc(F)cc2F)C(c2ccc(S(C)(=O)=O)cc2)SS1. The van der Waals surface area contributed by atoms with Gasteiger partial charge in [-0.1, -0.05) is 33.7 Å². The second-order valence-electron chi connectivity index (χ2n) is 5.04. The molecule has 0 bridgehead atoms. The number of benzene rings is 2. The first-order valence-electron chi connectivity index (χ1n) is 7.07. The number of sulfone groups is 1. The van der Waals surface area contributed by atoms with E-state index in [4.69, 9.17) is 1.37 Å². The molecule has 2 aromatic rings. The monoisotopic (exact) mass is 372 g/mol. The molecule has 1 aliphatic heterocycles. The summed E-state index contributed by atoms with van der Waals surface area (Å²) in [6.45, 7) is 0. The molecule has 23 heavy (non-hydrogen) atoms. The van der Waals surface area contributed by atoms with Crippen LogP contribution in [0.3, 0.4) is 0 Å². The fourth-order valence-corrected chi connectivity index (χ4v) is 5.28. The molecule has 0 N–H and O–H groups in total. The van der Waals surface area contributed by atoms with E-state index >= 15 is 0 Å². The van der Waals surface area contributed by atoms with Gasteiger partial charge in [0.25, 0.3) is 0 Å². The molecule has 1 heterocycles. The van der Waals surface area contributed by atoms with Gasteiger partial charge in [-0.15, -0.1) is 0 Å². The number of hydrogen-bond acceptors (Lipinski definition) is 4.